The minimum Gasteiger partial charge on any atom is -0.371 e. The van der Waals surface area contributed by atoms with Crippen LogP contribution in [0, 0.1) is 12.7 Å². The lowest BCUT2D eigenvalue weighted by Gasteiger charge is -2.46. The molecule has 142 valence electrons. The van der Waals surface area contributed by atoms with E-state index in [4.69, 9.17) is 11.6 Å². The van der Waals surface area contributed by atoms with Crippen molar-refractivity contribution in [1.29, 1.82) is 0 Å². The standard InChI is InChI=1S/C16H19ClFI2N5O/c1-7-4-23(19)6-9-5-22(3)13-10-14(12(18)8(2)11(13)17)25(20)16(26)21-15(10)24(7)9/h7,9,16,26H,4-6H2,1-3H3. The van der Waals surface area contributed by atoms with Gasteiger partial charge in [0.15, 0.2) is 5.82 Å². The zero-order valence-corrected chi connectivity index (χ0v) is 19.6. The van der Waals surface area contributed by atoms with Crippen molar-refractivity contribution in [2.75, 3.05) is 34.7 Å². The second kappa shape index (κ2) is 6.75. The van der Waals surface area contributed by atoms with Crippen LogP contribution in [0.2, 0.25) is 5.02 Å². The van der Waals surface area contributed by atoms with E-state index < -0.39 is 12.2 Å². The van der Waals surface area contributed by atoms with Crippen LogP contribution in [-0.2, 0) is 0 Å². The van der Waals surface area contributed by atoms with Gasteiger partial charge in [-0.2, -0.15) is 0 Å². The van der Waals surface area contributed by atoms with Gasteiger partial charge in [0.05, 0.1) is 50.9 Å². The third-order valence-corrected chi connectivity index (χ3v) is 7.51. The molecule has 4 rings (SSSR count). The van der Waals surface area contributed by atoms with E-state index in [9.17, 15) is 5.11 Å². The van der Waals surface area contributed by atoms with E-state index in [0.29, 0.717) is 27.7 Å². The summed E-state index contributed by atoms with van der Waals surface area (Å²) in [4.78, 5) is 8.88. The van der Waals surface area contributed by atoms with Gasteiger partial charge in [-0.1, -0.05) is 11.6 Å². The number of amidine groups is 1. The fraction of sp³-hybridized carbons (Fsp3) is 0.562. The number of benzene rings is 1. The molecule has 3 aliphatic rings. The molecule has 3 heterocycles. The molecule has 0 bridgehead atoms. The molecule has 0 aliphatic carbocycles. The van der Waals surface area contributed by atoms with Gasteiger partial charge in [-0.3, -0.25) is 3.11 Å². The first kappa shape index (κ1) is 19.2. The van der Waals surface area contributed by atoms with Crippen LogP contribution in [0.5, 0.6) is 0 Å². The predicted octanol–water partition coefficient (Wildman–Crippen LogP) is 3.15. The number of fused-ring (bicyclic) bond motifs is 2. The number of aliphatic hydroxyl groups is 1. The molecule has 1 aromatic carbocycles. The van der Waals surface area contributed by atoms with Crippen LogP contribution >= 0.6 is 57.3 Å². The molecule has 1 saturated heterocycles. The summed E-state index contributed by atoms with van der Waals surface area (Å²) < 4.78 is 18.9. The summed E-state index contributed by atoms with van der Waals surface area (Å²) in [7, 11) is 1.99. The van der Waals surface area contributed by atoms with Gasteiger partial charge in [-0.05, 0) is 13.8 Å². The number of piperazine rings is 1. The molecule has 3 atom stereocenters. The number of aliphatic imine (C=N–C) groups is 1. The van der Waals surface area contributed by atoms with Crippen molar-refractivity contribution in [1.82, 2.24) is 8.01 Å². The average molecular weight is 606 g/mol. The molecule has 0 radical (unpaired) electrons. The van der Waals surface area contributed by atoms with Crippen LogP contribution in [0.3, 0.4) is 0 Å². The summed E-state index contributed by atoms with van der Waals surface area (Å²) in [6.07, 6.45) is -1.13. The molecule has 6 nitrogen and oxygen atoms in total. The molecule has 3 unspecified atom stereocenters. The van der Waals surface area contributed by atoms with Crippen molar-refractivity contribution in [2.24, 2.45) is 4.99 Å². The summed E-state index contributed by atoms with van der Waals surface area (Å²) in [6, 6.07) is 0.361. The minimum absolute atomic E-state index is 0.173. The SMILES string of the molecule is Cc1c(F)c2c3c(c1Cl)N(C)CC1CN(I)CC(C)N1C3=NC(O)N2I. The van der Waals surface area contributed by atoms with Crippen LogP contribution < -0.4 is 8.01 Å². The summed E-state index contributed by atoms with van der Waals surface area (Å²) in [5.41, 5.74) is 2.22. The van der Waals surface area contributed by atoms with Gasteiger partial charge in [0.25, 0.3) is 0 Å². The lowest BCUT2D eigenvalue weighted by molar-refractivity contribution is 0.152. The lowest BCUT2D eigenvalue weighted by Crippen LogP contribution is -2.60. The molecular weight excluding hydrogens is 586 g/mol. The van der Waals surface area contributed by atoms with E-state index in [1.165, 1.54) is 3.11 Å². The number of nitrogens with zero attached hydrogens (tertiary/aromatic N) is 5. The monoisotopic (exact) mass is 605 g/mol. The number of hydrogen-bond donors (Lipinski definition) is 1. The van der Waals surface area contributed by atoms with Gasteiger partial charge < -0.3 is 14.9 Å². The largest absolute Gasteiger partial charge is 0.371 e. The highest BCUT2D eigenvalue weighted by Crippen LogP contribution is 2.47. The van der Waals surface area contributed by atoms with Crippen molar-refractivity contribution in [3.63, 3.8) is 0 Å². The Labute approximate surface area is 184 Å². The summed E-state index contributed by atoms with van der Waals surface area (Å²) >= 11 is 10.9. The normalized spacial score (nSPS) is 28.5. The zero-order valence-electron chi connectivity index (χ0n) is 14.5. The van der Waals surface area contributed by atoms with E-state index in [0.717, 1.165) is 25.3 Å². The summed E-state index contributed by atoms with van der Waals surface area (Å²) in [6.45, 7) is 6.30. The summed E-state index contributed by atoms with van der Waals surface area (Å²) in [5.74, 6) is 0.240. The van der Waals surface area contributed by atoms with Gasteiger partial charge in [0, 0.05) is 61.2 Å². The van der Waals surface area contributed by atoms with Crippen molar-refractivity contribution in [3.8, 4) is 0 Å². The highest BCUT2D eigenvalue weighted by molar-refractivity contribution is 14.1. The smallest absolute Gasteiger partial charge is 0.236 e. The maximum absolute atomic E-state index is 15.2. The number of halogens is 4. The zero-order chi connectivity index (χ0) is 18.9. The fourth-order valence-corrected chi connectivity index (χ4v) is 6.07. The molecule has 0 amide bonds. The van der Waals surface area contributed by atoms with Crippen LogP contribution in [0.25, 0.3) is 0 Å². The van der Waals surface area contributed by atoms with Crippen molar-refractivity contribution in [2.45, 2.75) is 32.3 Å². The molecular formula is C16H19ClFI2N5O. The Kier molecular flexibility index (Phi) is 4.99. The Morgan fingerprint density at radius 3 is 2.62 bits per heavy atom. The van der Waals surface area contributed by atoms with Crippen LogP contribution in [0.4, 0.5) is 15.8 Å². The third-order valence-electron chi connectivity index (χ3n) is 5.28. The minimum atomic E-state index is -1.13. The second-order valence-electron chi connectivity index (χ2n) is 7.05. The number of anilines is 2. The molecule has 0 spiro atoms. The first-order valence-electron chi connectivity index (χ1n) is 8.35. The highest BCUT2D eigenvalue weighted by atomic mass is 127. The van der Waals surface area contributed by atoms with Gasteiger partial charge in [0.1, 0.15) is 5.84 Å². The molecule has 1 fully saturated rings. The number of rotatable bonds is 0. The molecule has 0 aromatic heterocycles. The molecule has 1 aromatic rings. The maximum atomic E-state index is 15.2. The maximum Gasteiger partial charge on any atom is 0.236 e. The number of aliphatic hydroxyl groups excluding tert-OH is 1. The van der Waals surface area contributed by atoms with E-state index >= 15 is 4.39 Å². The third kappa shape index (κ3) is 2.72. The Morgan fingerprint density at radius 1 is 1.23 bits per heavy atom. The van der Waals surface area contributed by atoms with Crippen LogP contribution in [0.15, 0.2) is 4.99 Å². The topological polar surface area (TPSA) is 45.6 Å². The first-order chi connectivity index (χ1) is 12.2. The van der Waals surface area contributed by atoms with E-state index in [-0.39, 0.29) is 12.1 Å². The average Bonchev–Trinajstić information content (AvgIpc) is 2.67. The van der Waals surface area contributed by atoms with Crippen LogP contribution in [-0.4, -0.2) is 64.1 Å². The van der Waals surface area contributed by atoms with Gasteiger partial charge >= 0.3 is 0 Å². The van der Waals surface area contributed by atoms with E-state index in [1.54, 1.807) is 6.92 Å². The van der Waals surface area contributed by atoms with Gasteiger partial charge in [-0.25, -0.2) is 12.5 Å². The Morgan fingerprint density at radius 2 is 1.92 bits per heavy atom. The molecule has 10 heteroatoms. The molecule has 3 aliphatic heterocycles. The van der Waals surface area contributed by atoms with Crippen LogP contribution in [0.1, 0.15) is 18.1 Å². The molecule has 1 N–H and O–H groups in total. The first-order valence-corrected chi connectivity index (χ1v) is 10.7. The highest BCUT2D eigenvalue weighted by Gasteiger charge is 2.44. The van der Waals surface area contributed by atoms with E-state index in [1.807, 2.05) is 29.9 Å². The number of hydrogen-bond acceptors (Lipinski definition) is 6. The summed E-state index contributed by atoms with van der Waals surface area (Å²) in [5, 5.41) is 10.9. The molecule has 26 heavy (non-hydrogen) atoms. The Hall–Kier alpha value is -0.110. The van der Waals surface area contributed by atoms with Gasteiger partial charge in [-0.15, -0.1) is 0 Å². The lowest BCUT2D eigenvalue weighted by atomic mass is 10.0. The quantitative estimate of drug-likeness (QED) is 0.364. The van der Waals surface area contributed by atoms with E-state index in [2.05, 4.69) is 47.7 Å². The number of likely N-dealkylation sites (N-methyl/N-ethyl adjacent to an activating group) is 1. The second-order valence-corrected chi connectivity index (χ2v) is 9.84. The Balaban J connectivity index is 2.03. The van der Waals surface area contributed by atoms with Crippen molar-refractivity contribution < 1.29 is 9.50 Å². The van der Waals surface area contributed by atoms with Crippen molar-refractivity contribution in [3.05, 3.63) is 22.0 Å². The fourth-order valence-electron chi connectivity index (χ4n) is 4.15. The molecule has 0 saturated carbocycles. The Bertz CT molecular complexity index is 810. The predicted molar refractivity (Wildman–Crippen MR) is 119 cm³/mol. The van der Waals surface area contributed by atoms with Crippen molar-refractivity contribution >= 4 is 74.5 Å². The van der Waals surface area contributed by atoms with Gasteiger partial charge in [0.2, 0.25) is 6.35 Å².